The predicted octanol–water partition coefficient (Wildman–Crippen LogP) is -0.478. The molecule has 0 saturated carbocycles. The van der Waals surface area contributed by atoms with Crippen molar-refractivity contribution in [1.29, 1.82) is 0 Å². The van der Waals surface area contributed by atoms with E-state index in [2.05, 4.69) is 5.32 Å². The quantitative estimate of drug-likeness (QED) is 0.326. The summed E-state index contributed by atoms with van der Waals surface area (Å²) in [5.41, 5.74) is 10.9. The van der Waals surface area contributed by atoms with Gasteiger partial charge in [-0.15, -0.1) is 0 Å². The molecule has 0 saturated heterocycles. The highest BCUT2D eigenvalue weighted by Crippen LogP contribution is 2.15. The third-order valence-electron chi connectivity index (χ3n) is 2.45. The van der Waals surface area contributed by atoms with Crippen molar-refractivity contribution in [3.8, 4) is 0 Å². The number of hydrogen-bond acceptors (Lipinski definition) is 6. The van der Waals surface area contributed by atoms with Crippen molar-refractivity contribution in [3.05, 3.63) is 0 Å². The van der Waals surface area contributed by atoms with Gasteiger partial charge in [-0.2, -0.15) is 0 Å². The molecule has 0 aromatic rings. The maximum atomic E-state index is 5.78. The summed E-state index contributed by atoms with van der Waals surface area (Å²) in [6.07, 6.45) is 1.78. The van der Waals surface area contributed by atoms with E-state index in [1.165, 1.54) is 0 Å². The summed E-state index contributed by atoms with van der Waals surface area (Å²) >= 11 is 0. The van der Waals surface area contributed by atoms with Crippen LogP contribution in [0, 0.1) is 0 Å². The Morgan fingerprint density at radius 2 is 1.71 bits per heavy atom. The van der Waals surface area contributed by atoms with Gasteiger partial charge in [0.1, 0.15) is 0 Å². The average Bonchev–Trinajstić information content (AvgIpc) is 2.38. The van der Waals surface area contributed by atoms with Gasteiger partial charge in [0, 0.05) is 40.0 Å². The van der Waals surface area contributed by atoms with Crippen molar-refractivity contribution in [3.63, 3.8) is 0 Å². The molecule has 0 atom stereocenters. The van der Waals surface area contributed by atoms with Crippen LogP contribution in [0.2, 0.25) is 6.04 Å². The van der Waals surface area contributed by atoms with E-state index in [4.69, 9.17) is 24.7 Å². The molecule has 0 bridgehead atoms. The predicted molar refractivity (Wildman–Crippen MR) is 70.7 cm³/mol. The molecule has 0 spiro atoms. The first-order chi connectivity index (χ1) is 8.24. The molecule has 5 N–H and O–H groups in total. The van der Waals surface area contributed by atoms with Gasteiger partial charge in [-0.25, -0.2) is 0 Å². The molecular weight excluding hydrogens is 238 g/mol. The van der Waals surface area contributed by atoms with Crippen molar-refractivity contribution in [2.75, 3.05) is 47.0 Å². The second-order valence-electron chi connectivity index (χ2n) is 3.72. The molecule has 0 radical (unpaired) electrons. The molecule has 0 unspecified atom stereocenters. The first kappa shape index (κ1) is 17.0. The zero-order valence-corrected chi connectivity index (χ0v) is 12.0. The van der Waals surface area contributed by atoms with Crippen molar-refractivity contribution in [2.45, 2.75) is 18.9 Å². The molecule has 0 aliphatic heterocycles. The molecule has 0 aromatic heterocycles. The zero-order chi connectivity index (χ0) is 13.0. The molecular formula is C10H27N3O3Si. The van der Waals surface area contributed by atoms with Crippen LogP contribution in [0.4, 0.5) is 0 Å². The highest BCUT2D eigenvalue weighted by atomic mass is 28.4. The third kappa shape index (κ3) is 7.82. The van der Waals surface area contributed by atoms with Gasteiger partial charge in [0.15, 0.2) is 0 Å². The van der Waals surface area contributed by atoms with Crippen LogP contribution in [-0.4, -0.2) is 55.8 Å². The van der Waals surface area contributed by atoms with Gasteiger partial charge >= 0.3 is 8.80 Å². The highest BCUT2D eigenvalue weighted by Gasteiger charge is 2.37. The van der Waals surface area contributed by atoms with Crippen LogP contribution in [0.25, 0.3) is 0 Å². The Labute approximate surface area is 105 Å². The number of rotatable bonds is 12. The van der Waals surface area contributed by atoms with Crippen LogP contribution in [0.5, 0.6) is 0 Å². The summed E-state index contributed by atoms with van der Waals surface area (Å²) in [7, 11) is 0.810. The largest absolute Gasteiger partial charge is 0.500 e. The lowest BCUT2D eigenvalue weighted by molar-refractivity contribution is 0.0967. The van der Waals surface area contributed by atoms with Crippen molar-refractivity contribution in [2.24, 2.45) is 11.5 Å². The van der Waals surface area contributed by atoms with Gasteiger partial charge in [-0.3, -0.25) is 0 Å². The normalized spacial score (nSPS) is 12.0. The second kappa shape index (κ2) is 11.1. The minimum absolute atomic E-state index is 0.628. The lowest BCUT2D eigenvalue weighted by Crippen LogP contribution is -2.44. The molecule has 0 heterocycles. The van der Waals surface area contributed by atoms with E-state index < -0.39 is 8.80 Å². The van der Waals surface area contributed by atoms with Crippen molar-refractivity contribution in [1.82, 2.24) is 5.32 Å². The van der Waals surface area contributed by atoms with Crippen LogP contribution < -0.4 is 16.8 Å². The maximum Gasteiger partial charge on any atom is 0.500 e. The minimum Gasteiger partial charge on any atom is -0.377 e. The standard InChI is InChI=1S/C10H27N3O3Si/c1-14-17(15-2,10-3-5-11)16-9-4-7-13-8-6-12/h13H,3-12H2,1-2H3. The molecule has 0 aliphatic rings. The molecule has 0 fully saturated rings. The fourth-order valence-corrected chi connectivity index (χ4v) is 3.50. The Bertz CT molecular complexity index is 171. The zero-order valence-electron chi connectivity index (χ0n) is 11.0. The summed E-state index contributed by atoms with van der Waals surface area (Å²) in [6.45, 7) is 3.65. The van der Waals surface area contributed by atoms with E-state index in [9.17, 15) is 0 Å². The molecule has 17 heavy (non-hydrogen) atoms. The summed E-state index contributed by atoms with van der Waals surface area (Å²) in [5.74, 6) is 0. The Hall–Kier alpha value is -0.0231. The molecule has 0 aliphatic carbocycles. The van der Waals surface area contributed by atoms with Gasteiger partial charge in [0.25, 0.3) is 0 Å². The lowest BCUT2D eigenvalue weighted by Gasteiger charge is -2.26. The molecule has 6 nitrogen and oxygen atoms in total. The SMILES string of the molecule is CO[Si](CCCN)(OC)OCCCNCCN. The van der Waals surface area contributed by atoms with E-state index in [1.807, 2.05) is 0 Å². The number of nitrogens with two attached hydrogens (primary N) is 2. The number of hydrogen-bond donors (Lipinski definition) is 3. The Morgan fingerprint density at radius 1 is 1.00 bits per heavy atom. The fraction of sp³-hybridized carbons (Fsp3) is 1.00. The van der Waals surface area contributed by atoms with E-state index in [0.717, 1.165) is 32.0 Å². The lowest BCUT2D eigenvalue weighted by atomic mass is 10.4. The maximum absolute atomic E-state index is 5.78. The topological polar surface area (TPSA) is 91.8 Å². The van der Waals surface area contributed by atoms with E-state index in [1.54, 1.807) is 14.2 Å². The fourth-order valence-electron chi connectivity index (χ4n) is 1.45. The van der Waals surface area contributed by atoms with E-state index in [0.29, 0.717) is 19.7 Å². The molecule has 0 aromatic carbocycles. The second-order valence-corrected chi connectivity index (χ2v) is 6.70. The molecule has 0 rings (SSSR count). The molecule has 7 heteroatoms. The van der Waals surface area contributed by atoms with E-state index >= 15 is 0 Å². The Balaban J connectivity index is 3.75. The van der Waals surface area contributed by atoms with Crippen molar-refractivity contribution >= 4 is 8.80 Å². The van der Waals surface area contributed by atoms with Gasteiger partial charge in [0.2, 0.25) is 0 Å². The summed E-state index contributed by atoms with van der Waals surface area (Å²) in [5, 5.41) is 3.21. The average molecular weight is 265 g/mol. The highest BCUT2D eigenvalue weighted by molar-refractivity contribution is 6.60. The van der Waals surface area contributed by atoms with Gasteiger partial charge in [-0.1, -0.05) is 0 Å². The molecule has 104 valence electrons. The summed E-state index contributed by atoms with van der Waals surface area (Å²) in [4.78, 5) is 0. The van der Waals surface area contributed by atoms with Crippen LogP contribution in [-0.2, 0) is 13.3 Å². The number of nitrogens with one attached hydrogen (secondary N) is 1. The smallest absolute Gasteiger partial charge is 0.377 e. The van der Waals surface area contributed by atoms with Crippen LogP contribution >= 0.6 is 0 Å². The third-order valence-corrected chi connectivity index (χ3v) is 5.30. The van der Waals surface area contributed by atoms with Crippen LogP contribution in [0.1, 0.15) is 12.8 Å². The van der Waals surface area contributed by atoms with Gasteiger partial charge in [-0.05, 0) is 25.9 Å². The first-order valence-corrected chi connectivity index (χ1v) is 8.03. The summed E-state index contributed by atoms with van der Waals surface area (Å²) < 4.78 is 16.6. The minimum atomic E-state index is -2.47. The van der Waals surface area contributed by atoms with Crippen LogP contribution in [0.3, 0.4) is 0 Å². The Morgan fingerprint density at radius 3 is 2.24 bits per heavy atom. The van der Waals surface area contributed by atoms with Crippen molar-refractivity contribution < 1.29 is 13.3 Å². The van der Waals surface area contributed by atoms with Gasteiger partial charge in [0.05, 0.1) is 0 Å². The van der Waals surface area contributed by atoms with Crippen LogP contribution in [0.15, 0.2) is 0 Å². The first-order valence-electron chi connectivity index (χ1n) is 6.09. The van der Waals surface area contributed by atoms with E-state index in [-0.39, 0.29) is 0 Å². The molecule has 0 amide bonds. The monoisotopic (exact) mass is 265 g/mol. The Kier molecular flexibility index (Phi) is 11.1. The summed E-state index contributed by atoms with van der Waals surface area (Å²) in [6, 6.07) is 0.771. The van der Waals surface area contributed by atoms with Gasteiger partial charge < -0.3 is 30.1 Å².